The van der Waals surface area contributed by atoms with Crippen LogP contribution in [0.5, 0.6) is 0 Å². The molecule has 0 saturated carbocycles. The van der Waals surface area contributed by atoms with E-state index in [1.54, 1.807) is 37.3 Å². The highest BCUT2D eigenvalue weighted by Gasteiger charge is 2.13. The van der Waals surface area contributed by atoms with Crippen LogP contribution in [0.1, 0.15) is 46.8 Å². The molecule has 0 spiro atoms. The number of methoxy groups -OCH3 is 1. The first-order chi connectivity index (χ1) is 11.9. The van der Waals surface area contributed by atoms with E-state index in [2.05, 4.69) is 20.6 Å². The van der Waals surface area contributed by atoms with Crippen molar-refractivity contribution < 1.29 is 14.3 Å². The number of ether oxygens (including phenoxy) is 1. The second-order valence-electron chi connectivity index (χ2n) is 5.70. The molecule has 2 N–H and O–H groups in total. The van der Waals surface area contributed by atoms with Crippen molar-refractivity contribution in [1.29, 1.82) is 0 Å². The number of aryl methyl sites for hydroxylation is 1. The van der Waals surface area contributed by atoms with E-state index in [4.69, 9.17) is 4.74 Å². The second kappa shape index (κ2) is 8.23. The summed E-state index contributed by atoms with van der Waals surface area (Å²) in [5, 5.41) is 5.89. The summed E-state index contributed by atoms with van der Waals surface area (Å²) >= 11 is 0. The number of esters is 1. The van der Waals surface area contributed by atoms with E-state index < -0.39 is 5.97 Å². The summed E-state index contributed by atoms with van der Waals surface area (Å²) in [7, 11) is 1.33. The molecule has 1 aromatic carbocycles. The minimum absolute atomic E-state index is 0.0657. The Bertz CT molecular complexity index is 777. The Labute approximate surface area is 146 Å². The van der Waals surface area contributed by atoms with Gasteiger partial charge in [-0.3, -0.25) is 4.79 Å². The molecule has 0 saturated heterocycles. The van der Waals surface area contributed by atoms with Crippen LogP contribution in [-0.2, 0) is 4.74 Å². The van der Waals surface area contributed by atoms with Crippen LogP contribution >= 0.6 is 0 Å². The highest BCUT2D eigenvalue weighted by Crippen LogP contribution is 2.16. The van der Waals surface area contributed by atoms with Crippen LogP contribution in [0.2, 0.25) is 0 Å². The van der Waals surface area contributed by atoms with Crippen molar-refractivity contribution in [3.63, 3.8) is 0 Å². The lowest BCUT2D eigenvalue weighted by Crippen LogP contribution is -2.32. The van der Waals surface area contributed by atoms with Gasteiger partial charge in [0.15, 0.2) is 0 Å². The van der Waals surface area contributed by atoms with E-state index in [0.717, 1.165) is 6.42 Å². The predicted molar refractivity (Wildman–Crippen MR) is 95.1 cm³/mol. The maximum Gasteiger partial charge on any atom is 0.337 e. The average Bonchev–Trinajstić information content (AvgIpc) is 2.60. The summed E-state index contributed by atoms with van der Waals surface area (Å²) in [5.41, 5.74) is 1.99. The fraction of sp³-hybridized carbons (Fsp3) is 0.333. The minimum atomic E-state index is -0.428. The van der Waals surface area contributed by atoms with Gasteiger partial charge >= 0.3 is 5.97 Å². The summed E-state index contributed by atoms with van der Waals surface area (Å²) in [6.07, 6.45) is 0.835. The lowest BCUT2D eigenvalue weighted by atomic mass is 10.2. The zero-order valence-corrected chi connectivity index (χ0v) is 14.8. The number of rotatable bonds is 6. The number of amides is 1. The van der Waals surface area contributed by atoms with E-state index in [1.807, 2.05) is 13.8 Å². The van der Waals surface area contributed by atoms with Crippen molar-refractivity contribution in [2.45, 2.75) is 33.2 Å². The summed E-state index contributed by atoms with van der Waals surface area (Å²) < 4.78 is 4.71. The molecule has 0 radical (unpaired) electrons. The molecule has 0 aliphatic carbocycles. The minimum Gasteiger partial charge on any atom is -0.465 e. The Morgan fingerprint density at radius 1 is 1.24 bits per heavy atom. The lowest BCUT2D eigenvalue weighted by Gasteiger charge is -2.12. The van der Waals surface area contributed by atoms with Crippen molar-refractivity contribution >= 4 is 23.5 Å². The molecule has 2 aromatic rings. The van der Waals surface area contributed by atoms with Crippen molar-refractivity contribution in [1.82, 2.24) is 15.3 Å². The number of nitrogens with zero attached hydrogens (tertiary/aromatic N) is 2. The van der Waals surface area contributed by atoms with Crippen LogP contribution in [0.4, 0.5) is 11.6 Å². The van der Waals surface area contributed by atoms with Crippen LogP contribution in [-0.4, -0.2) is 35.0 Å². The number of hydrogen-bond acceptors (Lipinski definition) is 6. The van der Waals surface area contributed by atoms with Gasteiger partial charge < -0.3 is 15.4 Å². The summed E-state index contributed by atoms with van der Waals surface area (Å²) in [4.78, 5) is 32.4. The zero-order chi connectivity index (χ0) is 18.4. The Balaban J connectivity index is 2.23. The maximum absolute atomic E-state index is 12.3. The summed E-state index contributed by atoms with van der Waals surface area (Å²) in [6.45, 7) is 5.72. The third-order valence-corrected chi connectivity index (χ3v) is 3.62. The molecule has 0 bridgehead atoms. The number of benzene rings is 1. The van der Waals surface area contributed by atoms with Crippen molar-refractivity contribution in [3.05, 3.63) is 47.3 Å². The lowest BCUT2D eigenvalue weighted by molar-refractivity contribution is 0.0600. The number of nitrogens with one attached hydrogen (secondary N) is 2. The maximum atomic E-state index is 12.3. The SMILES string of the molecule is CCC(C)NC(=O)c1cc(C)nc(Nc2cccc(C(=O)OC)c2)n1. The standard InChI is InChI=1S/C18H22N4O3/c1-5-11(2)19-16(23)15-9-12(3)20-18(22-15)21-14-8-6-7-13(10-14)17(24)25-4/h6-11H,5H2,1-4H3,(H,19,23)(H,20,21,22). The van der Waals surface area contributed by atoms with Crippen LogP contribution in [0.15, 0.2) is 30.3 Å². The molecular formula is C18H22N4O3. The van der Waals surface area contributed by atoms with E-state index in [9.17, 15) is 9.59 Å². The van der Waals surface area contributed by atoms with Gasteiger partial charge in [0.05, 0.1) is 12.7 Å². The third-order valence-electron chi connectivity index (χ3n) is 3.62. The van der Waals surface area contributed by atoms with Crippen molar-refractivity contribution in [2.24, 2.45) is 0 Å². The van der Waals surface area contributed by atoms with Gasteiger partial charge in [-0.15, -0.1) is 0 Å². The van der Waals surface area contributed by atoms with Gasteiger partial charge in [-0.2, -0.15) is 0 Å². The molecule has 1 atom stereocenters. The van der Waals surface area contributed by atoms with Crippen LogP contribution < -0.4 is 10.6 Å². The quantitative estimate of drug-likeness (QED) is 0.784. The zero-order valence-electron chi connectivity index (χ0n) is 14.8. The predicted octanol–water partition coefficient (Wildman–Crippen LogP) is 2.84. The van der Waals surface area contributed by atoms with Gasteiger partial charge in [0.2, 0.25) is 5.95 Å². The Hall–Kier alpha value is -2.96. The largest absolute Gasteiger partial charge is 0.465 e. The van der Waals surface area contributed by atoms with Crippen LogP contribution in [0.25, 0.3) is 0 Å². The van der Waals surface area contributed by atoms with Gasteiger partial charge in [0.25, 0.3) is 5.91 Å². The first kappa shape index (κ1) is 18.4. The highest BCUT2D eigenvalue weighted by atomic mass is 16.5. The second-order valence-corrected chi connectivity index (χ2v) is 5.70. The molecule has 25 heavy (non-hydrogen) atoms. The Morgan fingerprint density at radius 2 is 2.00 bits per heavy atom. The fourth-order valence-corrected chi connectivity index (χ4v) is 2.11. The molecule has 2 rings (SSSR count). The highest BCUT2D eigenvalue weighted by molar-refractivity contribution is 5.93. The average molecular weight is 342 g/mol. The monoisotopic (exact) mass is 342 g/mol. The van der Waals surface area contributed by atoms with E-state index in [1.165, 1.54) is 7.11 Å². The molecule has 0 aliphatic rings. The number of aromatic nitrogens is 2. The van der Waals surface area contributed by atoms with E-state index in [0.29, 0.717) is 22.6 Å². The van der Waals surface area contributed by atoms with Gasteiger partial charge in [-0.05, 0) is 44.5 Å². The van der Waals surface area contributed by atoms with Gasteiger partial charge in [-0.25, -0.2) is 14.8 Å². The number of anilines is 2. The number of carbonyl (C=O) groups excluding carboxylic acids is 2. The molecule has 0 fully saturated rings. The van der Waals surface area contributed by atoms with E-state index >= 15 is 0 Å². The fourth-order valence-electron chi connectivity index (χ4n) is 2.11. The van der Waals surface area contributed by atoms with Crippen molar-refractivity contribution in [2.75, 3.05) is 12.4 Å². The smallest absolute Gasteiger partial charge is 0.337 e. The van der Waals surface area contributed by atoms with E-state index in [-0.39, 0.29) is 17.9 Å². The van der Waals surface area contributed by atoms with Gasteiger partial charge in [0.1, 0.15) is 5.69 Å². The number of carbonyl (C=O) groups is 2. The molecule has 0 aliphatic heterocycles. The number of hydrogen-bond donors (Lipinski definition) is 2. The first-order valence-corrected chi connectivity index (χ1v) is 8.05. The molecule has 132 valence electrons. The van der Waals surface area contributed by atoms with Gasteiger partial charge in [0, 0.05) is 17.4 Å². The molecule has 7 heteroatoms. The topological polar surface area (TPSA) is 93.2 Å². The molecular weight excluding hydrogens is 320 g/mol. The Morgan fingerprint density at radius 3 is 2.68 bits per heavy atom. The molecule has 1 amide bonds. The normalized spacial score (nSPS) is 11.5. The summed E-state index contributed by atoms with van der Waals surface area (Å²) in [6, 6.07) is 8.48. The molecule has 1 heterocycles. The summed E-state index contributed by atoms with van der Waals surface area (Å²) in [5.74, 6) is -0.384. The molecule has 1 aromatic heterocycles. The Kier molecular flexibility index (Phi) is 6.05. The first-order valence-electron chi connectivity index (χ1n) is 8.05. The third kappa shape index (κ3) is 5.00. The van der Waals surface area contributed by atoms with Crippen LogP contribution in [0.3, 0.4) is 0 Å². The van der Waals surface area contributed by atoms with Gasteiger partial charge in [-0.1, -0.05) is 13.0 Å². The molecule has 1 unspecified atom stereocenters. The van der Waals surface area contributed by atoms with Crippen molar-refractivity contribution in [3.8, 4) is 0 Å². The van der Waals surface area contributed by atoms with Crippen LogP contribution in [0, 0.1) is 6.92 Å². The molecule has 7 nitrogen and oxygen atoms in total.